The van der Waals surface area contributed by atoms with E-state index in [-0.39, 0.29) is 16.9 Å². The second kappa shape index (κ2) is 5.53. The van der Waals surface area contributed by atoms with E-state index < -0.39 is 28.2 Å². The van der Waals surface area contributed by atoms with Crippen LogP contribution in [0.4, 0.5) is 25.8 Å². The zero-order valence-electron chi connectivity index (χ0n) is 10.5. The van der Waals surface area contributed by atoms with Gasteiger partial charge in [-0.05, 0) is 18.2 Å². The summed E-state index contributed by atoms with van der Waals surface area (Å²) in [7, 11) is 0. The van der Waals surface area contributed by atoms with Gasteiger partial charge in [0.15, 0.2) is 0 Å². The lowest BCUT2D eigenvalue weighted by Gasteiger charge is -2.08. The SMILES string of the molecule is Nc1c(F)cccc1C(=O)Nc1cc([N+](=O)[O-])ccc1F. The number of carbonyl (C=O) groups is 1. The van der Waals surface area contributed by atoms with E-state index in [1.54, 1.807) is 0 Å². The first-order chi connectivity index (χ1) is 9.90. The molecule has 2 rings (SSSR count). The minimum absolute atomic E-state index is 0.194. The molecular weight excluding hydrogens is 284 g/mol. The summed E-state index contributed by atoms with van der Waals surface area (Å²) in [6.07, 6.45) is 0. The summed E-state index contributed by atoms with van der Waals surface area (Å²) >= 11 is 0. The van der Waals surface area contributed by atoms with Gasteiger partial charge in [0.2, 0.25) is 0 Å². The molecule has 0 radical (unpaired) electrons. The molecule has 1 amide bonds. The first kappa shape index (κ1) is 14.4. The lowest BCUT2D eigenvalue weighted by Crippen LogP contribution is -2.15. The Bertz CT molecular complexity index is 735. The number of nitrogens with two attached hydrogens (primary N) is 1. The van der Waals surface area contributed by atoms with Gasteiger partial charge in [-0.1, -0.05) is 6.07 Å². The van der Waals surface area contributed by atoms with Crippen LogP contribution in [0.15, 0.2) is 36.4 Å². The normalized spacial score (nSPS) is 10.2. The number of nitrogens with one attached hydrogen (secondary N) is 1. The molecule has 3 N–H and O–H groups in total. The molecule has 0 unspecified atom stereocenters. The largest absolute Gasteiger partial charge is 0.396 e. The number of nitro benzene ring substituents is 1. The van der Waals surface area contributed by atoms with E-state index in [0.29, 0.717) is 0 Å². The first-order valence-corrected chi connectivity index (χ1v) is 5.69. The summed E-state index contributed by atoms with van der Waals surface area (Å²) in [6, 6.07) is 6.26. The summed E-state index contributed by atoms with van der Waals surface area (Å²) in [6.45, 7) is 0. The lowest BCUT2D eigenvalue weighted by molar-refractivity contribution is -0.384. The number of hydrogen-bond acceptors (Lipinski definition) is 4. The quantitative estimate of drug-likeness (QED) is 0.516. The van der Waals surface area contributed by atoms with Crippen molar-refractivity contribution in [2.75, 3.05) is 11.1 Å². The molecule has 0 fully saturated rings. The summed E-state index contributed by atoms with van der Waals surface area (Å²) in [5.74, 6) is -2.52. The van der Waals surface area contributed by atoms with Crippen LogP contribution in [0.2, 0.25) is 0 Å². The molecule has 6 nitrogen and oxygen atoms in total. The Morgan fingerprint density at radius 2 is 1.90 bits per heavy atom. The molecule has 0 aromatic heterocycles. The van der Waals surface area contributed by atoms with Crippen molar-refractivity contribution < 1.29 is 18.5 Å². The molecule has 0 aliphatic heterocycles. The number of rotatable bonds is 3. The first-order valence-electron chi connectivity index (χ1n) is 5.69. The van der Waals surface area contributed by atoms with E-state index in [2.05, 4.69) is 5.32 Å². The Labute approximate surface area is 117 Å². The van der Waals surface area contributed by atoms with Gasteiger partial charge in [0, 0.05) is 12.1 Å². The fourth-order valence-electron chi connectivity index (χ4n) is 1.65. The molecular formula is C13H9F2N3O3. The van der Waals surface area contributed by atoms with E-state index in [1.165, 1.54) is 12.1 Å². The number of para-hydroxylation sites is 1. The fourth-order valence-corrected chi connectivity index (χ4v) is 1.65. The molecule has 8 heteroatoms. The average molecular weight is 293 g/mol. The van der Waals surface area contributed by atoms with Crippen molar-refractivity contribution in [3.63, 3.8) is 0 Å². The molecule has 0 bridgehead atoms. The van der Waals surface area contributed by atoms with Gasteiger partial charge in [-0.15, -0.1) is 0 Å². The van der Waals surface area contributed by atoms with Crippen molar-refractivity contribution in [2.45, 2.75) is 0 Å². The predicted octanol–water partition coefficient (Wildman–Crippen LogP) is 2.71. The van der Waals surface area contributed by atoms with Gasteiger partial charge in [-0.25, -0.2) is 8.78 Å². The average Bonchev–Trinajstić information content (AvgIpc) is 2.43. The molecule has 21 heavy (non-hydrogen) atoms. The fraction of sp³-hybridized carbons (Fsp3) is 0. The minimum atomic E-state index is -0.869. The molecule has 0 spiro atoms. The third kappa shape index (κ3) is 2.94. The number of nitro groups is 1. The van der Waals surface area contributed by atoms with Gasteiger partial charge in [0.25, 0.3) is 11.6 Å². The Balaban J connectivity index is 2.33. The monoisotopic (exact) mass is 293 g/mol. The van der Waals surface area contributed by atoms with Crippen LogP contribution in [0.5, 0.6) is 0 Å². The van der Waals surface area contributed by atoms with Gasteiger partial charge in [-0.3, -0.25) is 14.9 Å². The van der Waals surface area contributed by atoms with Crippen LogP contribution < -0.4 is 11.1 Å². The molecule has 0 heterocycles. The van der Waals surface area contributed by atoms with Gasteiger partial charge >= 0.3 is 0 Å². The number of nitrogens with zero attached hydrogens (tertiary/aromatic N) is 1. The molecule has 0 aliphatic carbocycles. The third-order valence-electron chi connectivity index (χ3n) is 2.71. The summed E-state index contributed by atoms with van der Waals surface area (Å²) in [5.41, 5.74) is 4.05. The number of amides is 1. The van der Waals surface area contributed by atoms with Crippen LogP contribution in [0.1, 0.15) is 10.4 Å². The highest BCUT2D eigenvalue weighted by molar-refractivity contribution is 6.07. The second-order valence-electron chi connectivity index (χ2n) is 4.08. The van der Waals surface area contributed by atoms with Crippen LogP contribution >= 0.6 is 0 Å². The zero-order valence-corrected chi connectivity index (χ0v) is 10.5. The topological polar surface area (TPSA) is 98.3 Å². The number of hydrogen-bond donors (Lipinski definition) is 2. The van der Waals surface area contributed by atoms with Crippen molar-refractivity contribution in [3.05, 3.63) is 63.7 Å². The van der Waals surface area contributed by atoms with Crippen LogP contribution in [-0.4, -0.2) is 10.8 Å². The molecule has 0 saturated heterocycles. The van der Waals surface area contributed by atoms with Crippen LogP contribution in [0.3, 0.4) is 0 Å². The van der Waals surface area contributed by atoms with Gasteiger partial charge in [-0.2, -0.15) is 0 Å². The molecule has 2 aromatic carbocycles. The maximum Gasteiger partial charge on any atom is 0.271 e. The van der Waals surface area contributed by atoms with Crippen molar-refractivity contribution >= 4 is 23.0 Å². The number of non-ortho nitro benzene ring substituents is 1. The number of carbonyl (C=O) groups excluding carboxylic acids is 1. The highest BCUT2D eigenvalue weighted by Crippen LogP contribution is 2.23. The number of nitrogen functional groups attached to an aromatic ring is 1. The van der Waals surface area contributed by atoms with E-state index >= 15 is 0 Å². The van der Waals surface area contributed by atoms with Gasteiger partial charge < -0.3 is 11.1 Å². The number of anilines is 2. The molecule has 0 aliphatic rings. The van der Waals surface area contributed by atoms with E-state index in [9.17, 15) is 23.7 Å². The van der Waals surface area contributed by atoms with Crippen molar-refractivity contribution in [1.82, 2.24) is 0 Å². The van der Waals surface area contributed by atoms with Crippen molar-refractivity contribution in [2.24, 2.45) is 0 Å². The number of benzene rings is 2. The summed E-state index contributed by atoms with van der Waals surface area (Å²) < 4.78 is 26.8. The molecule has 0 saturated carbocycles. The maximum absolute atomic E-state index is 13.5. The molecule has 108 valence electrons. The van der Waals surface area contributed by atoms with Crippen molar-refractivity contribution in [3.8, 4) is 0 Å². The minimum Gasteiger partial charge on any atom is -0.396 e. The Hall–Kier alpha value is -3.03. The number of halogens is 2. The lowest BCUT2D eigenvalue weighted by atomic mass is 10.1. The van der Waals surface area contributed by atoms with Crippen LogP contribution in [-0.2, 0) is 0 Å². The standard InChI is InChI=1S/C13H9F2N3O3/c14-9-5-4-7(18(20)21)6-11(9)17-13(19)8-2-1-3-10(15)12(8)16/h1-6H,16H2,(H,17,19). The smallest absolute Gasteiger partial charge is 0.271 e. The van der Waals surface area contributed by atoms with Crippen LogP contribution in [0.25, 0.3) is 0 Å². The van der Waals surface area contributed by atoms with Gasteiger partial charge in [0.1, 0.15) is 11.6 Å². The Morgan fingerprint density at radius 3 is 2.57 bits per heavy atom. The highest BCUT2D eigenvalue weighted by Gasteiger charge is 2.16. The highest BCUT2D eigenvalue weighted by atomic mass is 19.1. The maximum atomic E-state index is 13.5. The predicted molar refractivity (Wildman–Crippen MR) is 71.8 cm³/mol. The van der Waals surface area contributed by atoms with Crippen LogP contribution in [0, 0.1) is 21.7 Å². The van der Waals surface area contributed by atoms with Gasteiger partial charge in [0.05, 0.1) is 21.9 Å². The summed E-state index contributed by atoms with van der Waals surface area (Å²) in [5, 5.41) is 12.7. The Morgan fingerprint density at radius 1 is 1.19 bits per heavy atom. The zero-order chi connectivity index (χ0) is 15.6. The molecule has 2 aromatic rings. The Kier molecular flexibility index (Phi) is 3.79. The van der Waals surface area contributed by atoms with E-state index in [4.69, 9.17) is 5.73 Å². The van der Waals surface area contributed by atoms with Crippen molar-refractivity contribution in [1.29, 1.82) is 0 Å². The molecule has 0 atom stereocenters. The summed E-state index contributed by atoms with van der Waals surface area (Å²) in [4.78, 5) is 21.8. The van der Waals surface area contributed by atoms with E-state index in [1.807, 2.05) is 0 Å². The second-order valence-corrected chi connectivity index (χ2v) is 4.08. The van der Waals surface area contributed by atoms with E-state index in [0.717, 1.165) is 24.3 Å². The third-order valence-corrected chi connectivity index (χ3v) is 2.71.